The van der Waals surface area contributed by atoms with Gasteiger partial charge >= 0.3 is 0 Å². The molecule has 0 fully saturated rings. The fourth-order valence-electron chi connectivity index (χ4n) is 4.02. The maximum atomic E-state index is 10.0. The van der Waals surface area contributed by atoms with E-state index in [0.717, 1.165) is 11.3 Å². The number of benzene rings is 4. The van der Waals surface area contributed by atoms with Crippen molar-refractivity contribution < 1.29 is 30.0 Å². The number of rotatable bonds is 4. The van der Waals surface area contributed by atoms with Crippen molar-refractivity contribution in [3.8, 4) is 11.1 Å². The van der Waals surface area contributed by atoms with Crippen molar-refractivity contribution in [2.45, 2.75) is 19.9 Å². The second-order valence-electron chi connectivity index (χ2n) is 8.33. The molecule has 0 saturated heterocycles. The molecule has 1 heterocycles. The first-order chi connectivity index (χ1) is 17.0. The van der Waals surface area contributed by atoms with Gasteiger partial charge in [-0.05, 0) is 47.7 Å². The van der Waals surface area contributed by atoms with Gasteiger partial charge in [-0.25, -0.2) is 0 Å². The van der Waals surface area contributed by atoms with Gasteiger partial charge in [-0.3, -0.25) is 4.79 Å². The average Bonchev–Trinajstić information content (AvgIpc) is 2.89. The number of hydrogen-bond acceptors (Lipinski definition) is 2. The number of allylic oxidation sites excluding steroid dienone is 2. The van der Waals surface area contributed by atoms with Gasteiger partial charge < -0.3 is 10.4 Å². The number of aliphatic hydroxyl groups is 1. The number of nitrogens with zero attached hydrogens (tertiary/aromatic N) is 1. The summed E-state index contributed by atoms with van der Waals surface area (Å²) in [5, 5.41) is 13.4. The Labute approximate surface area is 226 Å². The summed E-state index contributed by atoms with van der Waals surface area (Å²) < 4.78 is 0. The molecule has 0 aromatic heterocycles. The van der Waals surface area contributed by atoms with Crippen LogP contribution in [0.4, 0.5) is 5.69 Å². The third kappa shape index (κ3) is 6.91. The van der Waals surface area contributed by atoms with Gasteiger partial charge in [-0.1, -0.05) is 84.9 Å². The number of fused-ring (bicyclic) bond motifs is 1. The molecule has 0 amide bonds. The number of ketones is 1. The van der Waals surface area contributed by atoms with E-state index in [-0.39, 0.29) is 37.7 Å². The van der Waals surface area contributed by atoms with Gasteiger partial charge in [0.2, 0.25) is 0 Å². The molecule has 1 atom stereocenters. The monoisotopic (exact) mass is 650 g/mol. The summed E-state index contributed by atoms with van der Waals surface area (Å²) in [5.74, 6) is -0.0625. The van der Waals surface area contributed by atoms with Crippen molar-refractivity contribution in [3.63, 3.8) is 0 Å². The van der Waals surface area contributed by atoms with Crippen LogP contribution in [0.3, 0.4) is 0 Å². The van der Waals surface area contributed by atoms with E-state index >= 15 is 0 Å². The molecule has 0 spiro atoms. The third-order valence-electron chi connectivity index (χ3n) is 5.55. The Hall–Kier alpha value is -3.72. The molecule has 1 radical (unpaired) electrons. The summed E-state index contributed by atoms with van der Waals surface area (Å²) in [7, 11) is 0. The molecule has 0 bridgehead atoms. The second kappa shape index (κ2) is 12.8. The van der Waals surface area contributed by atoms with Gasteiger partial charge in [0.1, 0.15) is 0 Å². The Kier molecular flexibility index (Phi) is 9.58. The standard InChI is InChI=1S/C27H19N.C5H8O2.Ir/c1-4-10-20(11-5-1)23-16-17-26-25(18-23)24(21-12-6-2-7-13-21)19-27(28-26)22-14-8-3-9-15-22;1-4(6)3-5(2)7;/h1-14,16-19,27H;3,6H,1-2H3;/q-2;;/b;4-3-;. The summed E-state index contributed by atoms with van der Waals surface area (Å²) in [6.45, 7) is 2.85. The molecular formula is C32H27IrNO2-2. The van der Waals surface area contributed by atoms with E-state index < -0.39 is 0 Å². The Bertz CT molecular complexity index is 1340. The fourth-order valence-corrected chi connectivity index (χ4v) is 4.02. The predicted octanol–water partition coefficient (Wildman–Crippen LogP) is 8.38. The molecule has 0 aliphatic carbocycles. The zero-order chi connectivity index (χ0) is 24.6. The van der Waals surface area contributed by atoms with Crippen LogP contribution in [0, 0.1) is 6.07 Å². The normalized spacial score (nSPS) is 14.1. The van der Waals surface area contributed by atoms with Gasteiger partial charge in [0.15, 0.2) is 5.78 Å². The van der Waals surface area contributed by atoms with E-state index in [1.807, 2.05) is 24.3 Å². The van der Waals surface area contributed by atoms with Crippen LogP contribution < -0.4 is 0 Å². The van der Waals surface area contributed by atoms with Crippen molar-refractivity contribution in [2.75, 3.05) is 0 Å². The van der Waals surface area contributed by atoms with E-state index in [1.165, 1.54) is 47.8 Å². The molecule has 36 heavy (non-hydrogen) atoms. The Morgan fingerprint density at radius 1 is 0.833 bits per heavy atom. The molecule has 1 unspecified atom stereocenters. The maximum Gasteiger partial charge on any atom is 0.155 e. The molecule has 4 aromatic rings. The number of carbonyl (C=O) groups is 1. The molecule has 0 saturated carbocycles. The van der Waals surface area contributed by atoms with Crippen LogP contribution in [0.1, 0.15) is 36.6 Å². The van der Waals surface area contributed by atoms with E-state index in [1.54, 1.807) is 0 Å². The van der Waals surface area contributed by atoms with E-state index in [2.05, 4.69) is 91.0 Å². The summed E-state index contributed by atoms with van der Waals surface area (Å²) in [5.41, 5.74) is 8.17. The number of hydrogen-bond donors (Lipinski definition) is 1. The smallest absolute Gasteiger partial charge is 0.155 e. The van der Waals surface area contributed by atoms with Crippen molar-refractivity contribution in [1.29, 1.82) is 0 Å². The van der Waals surface area contributed by atoms with E-state index in [0.29, 0.717) is 0 Å². The Morgan fingerprint density at radius 3 is 2.03 bits per heavy atom. The largest absolute Gasteiger partial charge is 0.676 e. The zero-order valence-electron chi connectivity index (χ0n) is 20.2. The summed E-state index contributed by atoms with van der Waals surface area (Å²) in [6.07, 6.45) is 3.43. The van der Waals surface area contributed by atoms with Crippen LogP contribution in [0.15, 0.2) is 121 Å². The van der Waals surface area contributed by atoms with Crippen molar-refractivity contribution in [1.82, 2.24) is 0 Å². The molecule has 183 valence electrons. The van der Waals surface area contributed by atoms with Crippen LogP contribution in [-0.4, -0.2) is 10.9 Å². The molecule has 3 nitrogen and oxygen atoms in total. The van der Waals surface area contributed by atoms with Crippen LogP contribution >= 0.6 is 0 Å². The minimum atomic E-state index is -0.125. The molecule has 5 rings (SSSR count). The zero-order valence-corrected chi connectivity index (χ0v) is 22.6. The minimum Gasteiger partial charge on any atom is -0.676 e. The van der Waals surface area contributed by atoms with E-state index in [4.69, 9.17) is 10.4 Å². The van der Waals surface area contributed by atoms with Gasteiger partial charge in [0, 0.05) is 26.2 Å². The predicted molar refractivity (Wildman–Crippen MR) is 144 cm³/mol. The average molecular weight is 650 g/mol. The first kappa shape index (κ1) is 26.9. The van der Waals surface area contributed by atoms with Crippen molar-refractivity contribution >= 4 is 17.0 Å². The third-order valence-corrected chi connectivity index (χ3v) is 5.55. The Balaban J connectivity index is 0.000000400. The number of aliphatic hydroxyl groups excluding tert-OH is 1. The van der Waals surface area contributed by atoms with Gasteiger partial charge in [0.05, 0.1) is 5.76 Å². The quantitative estimate of drug-likeness (QED) is 0.137. The van der Waals surface area contributed by atoms with E-state index in [9.17, 15) is 4.79 Å². The molecule has 4 aromatic carbocycles. The summed E-state index contributed by atoms with van der Waals surface area (Å²) in [4.78, 5) is 10.0. The number of carbonyl (C=O) groups excluding carboxylic acids is 1. The first-order valence-corrected chi connectivity index (χ1v) is 11.5. The van der Waals surface area contributed by atoms with Crippen LogP contribution in [0.5, 0.6) is 0 Å². The minimum absolute atomic E-state index is 0. The van der Waals surface area contributed by atoms with Crippen LogP contribution in [0.25, 0.3) is 22.0 Å². The molecular weight excluding hydrogens is 623 g/mol. The van der Waals surface area contributed by atoms with Gasteiger partial charge in [-0.15, -0.1) is 5.69 Å². The molecule has 1 N–H and O–H groups in total. The van der Waals surface area contributed by atoms with Crippen LogP contribution in [0.2, 0.25) is 0 Å². The molecule has 4 heteroatoms. The van der Waals surface area contributed by atoms with Gasteiger partial charge in [0.25, 0.3) is 0 Å². The first-order valence-electron chi connectivity index (χ1n) is 11.5. The maximum absolute atomic E-state index is 10.0. The second-order valence-corrected chi connectivity index (χ2v) is 8.33. The van der Waals surface area contributed by atoms with Crippen molar-refractivity contribution in [2.24, 2.45) is 0 Å². The molecule has 1 aliphatic rings. The van der Waals surface area contributed by atoms with Crippen LogP contribution in [-0.2, 0) is 24.9 Å². The SMILES string of the molecule is CC(=O)/C=C(/C)O.[Ir].[c-]1ccccc1C1C=C(c2ccccc2)c2cc(-c3ccccc3)ccc2[N-]1. The summed E-state index contributed by atoms with van der Waals surface area (Å²) >= 11 is 0. The molecule has 1 aliphatic heterocycles. The fraction of sp³-hybridized carbons (Fsp3) is 0.0938. The van der Waals surface area contributed by atoms with Crippen molar-refractivity contribution in [3.05, 3.63) is 149 Å². The topological polar surface area (TPSA) is 51.4 Å². The Morgan fingerprint density at radius 2 is 1.47 bits per heavy atom. The van der Waals surface area contributed by atoms with Gasteiger partial charge in [-0.2, -0.15) is 35.9 Å². The summed E-state index contributed by atoms with van der Waals surface area (Å²) in [6, 6.07) is 39.0.